The summed E-state index contributed by atoms with van der Waals surface area (Å²) < 4.78 is 10.7. The third-order valence-corrected chi connectivity index (χ3v) is 3.04. The lowest BCUT2D eigenvalue weighted by molar-refractivity contribution is 0.339. The molecule has 2 aromatic carbocycles. The predicted octanol–water partition coefficient (Wildman–Crippen LogP) is 4.16. The molecule has 2 aromatic rings. The van der Waals surface area contributed by atoms with Crippen LogP contribution in [0.3, 0.4) is 0 Å². The molecule has 0 aliphatic rings. The maximum absolute atomic E-state index is 9.40. The van der Waals surface area contributed by atoms with Crippen molar-refractivity contribution in [2.75, 3.05) is 13.7 Å². The van der Waals surface area contributed by atoms with Crippen LogP contribution in [0, 0.1) is 11.3 Å². The van der Waals surface area contributed by atoms with Gasteiger partial charge in [0.05, 0.1) is 25.4 Å². The highest BCUT2D eigenvalue weighted by Gasteiger charge is 2.05. The molecule has 21 heavy (non-hydrogen) atoms. The van der Waals surface area contributed by atoms with Crippen LogP contribution >= 0.6 is 0 Å². The van der Waals surface area contributed by atoms with Gasteiger partial charge in [-0.15, -0.1) is 0 Å². The van der Waals surface area contributed by atoms with E-state index in [2.05, 4.69) is 6.07 Å². The Kier molecular flexibility index (Phi) is 5.00. The van der Waals surface area contributed by atoms with Crippen LogP contribution in [0.25, 0.3) is 11.6 Å². The van der Waals surface area contributed by atoms with Crippen LogP contribution in [0.5, 0.6) is 11.5 Å². The van der Waals surface area contributed by atoms with Gasteiger partial charge in [0.1, 0.15) is 11.5 Å². The number of nitriles is 1. The lowest BCUT2D eigenvalue weighted by Gasteiger charge is -2.07. The summed E-state index contributed by atoms with van der Waals surface area (Å²) in [6.45, 7) is 2.53. The standard InChI is InChI=1S/C18H17NO2/c1-3-21-18-7-5-4-6-15(18)12-16(13-19)14-8-10-17(20-2)11-9-14/h4-12H,3H2,1-2H3/b16-12+. The van der Waals surface area contributed by atoms with E-state index < -0.39 is 0 Å². The second-order valence-corrected chi connectivity index (χ2v) is 4.37. The molecule has 0 N–H and O–H groups in total. The Morgan fingerprint density at radius 2 is 1.86 bits per heavy atom. The molecule has 0 fully saturated rings. The quantitative estimate of drug-likeness (QED) is 0.609. The molecule has 0 radical (unpaired) electrons. The first-order chi connectivity index (χ1) is 10.3. The number of ether oxygens (including phenoxy) is 2. The molecule has 0 saturated carbocycles. The zero-order chi connectivity index (χ0) is 15.1. The molecular weight excluding hydrogens is 262 g/mol. The van der Waals surface area contributed by atoms with Gasteiger partial charge in [-0.1, -0.05) is 18.2 Å². The molecule has 3 nitrogen and oxygen atoms in total. The summed E-state index contributed by atoms with van der Waals surface area (Å²) in [4.78, 5) is 0. The van der Waals surface area contributed by atoms with Gasteiger partial charge in [0.25, 0.3) is 0 Å². The smallest absolute Gasteiger partial charge is 0.126 e. The van der Waals surface area contributed by atoms with E-state index in [1.54, 1.807) is 7.11 Å². The van der Waals surface area contributed by atoms with E-state index in [4.69, 9.17) is 9.47 Å². The molecule has 3 heteroatoms. The van der Waals surface area contributed by atoms with E-state index in [0.29, 0.717) is 12.2 Å². The summed E-state index contributed by atoms with van der Waals surface area (Å²) in [5.41, 5.74) is 2.33. The Hall–Kier alpha value is -2.73. The summed E-state index contributed by atoms with van der Waals surface area (Å²) >= 11 is 0. The van der Waals surface area contributed by atoms with E-state index in [0.717, 1.165) is 22.6 Å². The van der Waals surface area contributed by atoms with E-state index in [9.17, 15) is 5.26 Å². The van der Waals surface area contributed by atoms with Crippen molar-refractivity contribution in [3.8, 4) is 17.6 Å². The molecule has 0 amide bonds. The molecule has 0 aromatic heterocycles. The number of hydrogen-bond donors (Lipinski definition) is 0. The van der Waals surface area contributed by atoms with Gasteiger partial charge in [-0.3, -0.25) is 0 Å². The molecule has 106 valence electrons. The first-order valence-corrected chi connectivity index (χ1v) is 6.76. The highest BCUT2D eigenvalue weighted by Crippen LogP contribution is 2.25. The molecule has 0 aliphatic carbocycles. The highest BCUT2D eigenvalue weighted by molar-refractivity contribution is 5.90. The molecule has 0 saturated heterocycles. The number of hydrogen-bond acceptors (Lipinski definition) is 3. The highest BCUT2D eigenvalue weighted by atomic mass is 16.5. The van der Waals surface area contributed by atoms with E-state index in [1.165, 1.54) is 0 Å². The van der Waals surface area contributed by atoms with Crippen molar-refractivity contribution in [2.24, 2.45) is 0 Å². The van der Waals surface area contributed by atoms with E-state index in [1.807, 2.05) is 61.5 Å². The lowest BCUT2D eigenvalue weighted by atomic mass is 10.0. The van der Waals surface area contributed by atoms with Crippen molar-refractivity contribution >= 4 is 11.6 Å². The van der Waals surface area contributed by atoms with Crippen LogP contribution in [0.4, 0.5) is 0 Å². The van der Waals surface area contributed by atoms with Gasteiger partial charge in [-0.2, -0.15) is 5.26 Å². The Balaban J connectivity index is 2.38. The second-order valence-electron chi connectivity index (χ2n) is 4.37. The maximum Gasteiger partial charge on any atom is 0.126 e. The second kappa shape index (κ2) is 7.16. The summed E-state index contributed by atoms with van der Waals surface area (Å²) in [5, 5.41) is 9.40. The van der Waals surface area contributed by atoms with Gasteiger partial charge >= 0.3 is 0 Å². The van der Waals surface area contributed by atoms with Crippen LogP contribution in [-0.2, 0) is 0 Å². The Morgan fingerprint density at radius 1 is 1.14 bits per heavy atom. The van der Waals surface area contributed by atoms with Gasteiger partial charge in [-0.25, -0.2) is 0 Å². The minimum atomic E-state index is 0.588. The van der Waals surface area contributed by atoms with Gasteiger partial charge in [-0.05, 0) is 48.9 Å². The fourth-order valence-electron chi connectivity index (χ4n) is 1.99. The molecule has 0 unspecified atom stereocenters. The van der Waals surface area contributed by atoms with Gasteiger partial charge in [0.2, 0.25) is 0 Å². The SMILES string of the molecule is CCOc1ccccc1/C=C(\C#N)c1ccc(OC)cc1. The van der Waals surface area contributed by atoms with Gasteiger partial charge in [0.15, 0.2) is 0 Å². The van der Waals surface area contributed by atoms with Crippen molar-refractivity contribution in [1.29, 1.82) is 5.26 Å². The van der Waals surface area contributed by atoms with Gasteiger partial charge < -0.3 is 9.47 Å². The van der Waals surface area contributed by atoms with Crippen molar-refractivity contribution < 1.29 is 9.47 Å². The maximum atomic E-state index is 9.40. The molecule has 0 bridgehead atoms. The number of methoxy groups -OCH3 is 1. The largest absolute Gasteiger partial charge is 0.497 e. The molecule has 0 aliphatic heterocycles. The van der Waals surface area contributed by atoms with E-state index >= 15 is 0 Å². The monoisotopic (exact) mass is 279 g/mol. The Labute approximate surface area is 125 Å². The number of benzene rings is 2. The minimum absolute atomic E-state index is 0.588. The minimum Gasteiger partial charge on any atom is -0.497 e. The molecule has 0 spiro atoms. The summed E-state index contributed by atoms with van der Waals surface area (Å²) in [7, 11) is 1.62. The predicted molar refractivity (Wildman–Crippen MR) is 84.1 cm³/mol. The van der Waals surface area contributed by atoms with Crippen molar-refractivity contribution in [3.05, 3.63) is 59.7 Å². The molecule has 0 heterocycles. The summed E-state index contributed by atoms with van der Waals surface area (Å²) in [6, 6.07) is 17.4. The van der Waals surface area contributed by atoms with Crippen LogP contribution in [0.2, 0.25) is 0 Å². The molecule has 0 atom stereocenters. The molecule has 2 rings (SSSR count). The third-order valence-electron chi connectivity index (χ3n) is 3.04. The van der Waals surface area contributed by atoms with Crippen LogP contribution in [-0.4, -0.2) is 13.7 Å². The topological polar surface area (TPSA) is 42.2 Å². The third kappa shape index (κ3) is 3.64. The number of nitrogens with zero attached hydrogens (tertiary/aromatic N) is 1. The number of rotatable bonds is 5. The van der Waals surface area contributed by atoms with E-state index in [-0.39, 0.29) is 0 Å². The number of para-hydroxylation sites is 1. The van der Waals surface area contributed by atoms with Crippen LogP contribution in [0.15, 0.2) is 48.5 Å². The average Bonchev–Trinajstić information content (AvgIpc) is 2.54. The Bertz CT molecular complexity index is 666. The van der Waals surface area contributed by atoms with Crippen LogP contribution < -0.4 is 9.47 Å². The van der Waals surface area contributed by atoms with Gasteiger partial charge in [0, 0.05) is 5.56 Å². The van der Waals surface area contributed by atoms with Crippen molar-refractivity contribution in [3.63, 3.8) is 0 Å². The zero-order valence-corrected chi connectivity index (χ0v) is 12.2. The van der Waals surface area contributed by atoms with Crippen molar-refractivity contribution in [2.45, 2.75) is 6.92 Å². The summed E-state index contributed by atoms with van der Waals surface area (Å²) in [6.07, 6.45) is 1.84. The summed E-state index contributed by atoms with van der Waals surface area (Å²) in [5.74, 6) is 1.55. The fraction of sp³-hybridized carbons (Fsp3) is 0.167. The average molecular weight is 279 g/mol. The van der Waals surface area contributed by atoms with Crippen molar-refractivity contribution in [1.82, 2.24) is 0 Å². The van der Waals surface area contributed by atoms with Crippen LogP contribution in [0.1, 0.15) is 18.1 Å². The number of allylic oxidation sites excluding steroid dienone is 1. The zero-order valence-electron chi connectivity index (χ0n) is 12.2. The Morgan fingerprint density at radius 3 is 2.48 bits per heavy atom. The normalized spacial score (nSPS) is 10.8. The first kappa shape index (κ1) is 14.7. The lowest BCUT2D eigenvalue weighted by Crippen LogP contribution is -1.93. The molecular formula is C18H17NO2. The fourth-order valence-corrected chi connectivity index (χ4v) is 1.99. The first-order valence-electron chi connectivity index (χ1n) is 6.76.